The number of aromatic nitrogens is 3. The van der Waals surface area contributed by atoms with E-state index in [1.165, 1.54) is 18.4 Å². The molecule has 1 aliphatic carbocycles. The molecule has 1 unspecified atom stereocenters. The molecule has 1 aliphatic heterocycles. The SMILES string of the molecule is Cc1ncc(N)n1/C(C1=NOCC(Cc2ccc(Cl)nc2Cl)N1)=C(\N)Oc1cccc(C2CC2)c1. The fourth-order valence-corrected chi connectivity index (χ4v) is 4.46. The number of oxime groups is 1. The first-order valence-electron chi connectivity index (χ1n) is 11.2. The second-order valence-corrected chi connectivity index (χ2v) is 9.34. The molecule has 35 heavy (non-hydrogen) atoms. The van der Waals surface area contributed by atoms with E-state index in [1.807, 2.05) is 31.2 Å². The summed E-state index contributed by atoms with van der Waals surface area (Å²) in [6.45, 7) is 2.14. The zero-order valence-electron chi connectivity index (χ0n) is 19.0. The Labute approximate surface area is 212 Å². The quantitative estimate of drug-likeness (QED) is 0.321. The molecule has 182 valence electrons. The second-order valence-electron chi connectivity index (χ2n) is 8.59. The number of nitrogens with one attached hydrogen (secondary N) is 1. The lowest BCUT2D eigenvalue weighted by atomic mass is 10.1. The van der Waals surface area contributed by atoms with Gasteiger partial charge in [-0.25, -0.2) is 9.97 Å². The van der Waals surface area contributed by atoms with Gasteiger partial charge in [0.15, 0.2) is 11.5 Å². The molecule has 0 amide bonds. The first-order valence-corrected chi connectivity index (χ1v) is 12.0. The molecule has 0 spiro atoms. The Kier molecular flexibility index (Phi) is 6.44. The summed E-state index contributed by atoms with van der Waals surface area (Å²) in [7, 11) is 0. The van der Waals surface area contributed by atoms with Crippen molar-refractivity contribution in [3.8, 4) is 5.75 Å². The van der Waals surface area contributed by atoms with Crippen molar-refractivity contribution in [1.82, 2.24) is 19.9 Å². The van der Waals surface area contributed by atoms with E-state index in [0.717, 1.165) is 5.56 Å². The predicted molar refractivity (Wildman–Crippen MR) is 136 cm³/mol. The van der Waals surface area contributed by atoms with Gasteiger partial charge in [0.05, 0.1) is 12.2 Å². The highest BCUT2D eigenvalue weighted by Crippen LogP contribution is 2.41. The molecule has 9 nitrogen and oxygen atoms in total. The van der Waals surface area contributed by atoms with Gasteiger partial charge in [0, 0.05) is 0 Å². The molecule has 0 bridgehead atoms. The standard InChI is InChI=1S/C24H25Cl2N7O2/c1-13-29-11-20(27)33(13)21(23(28)35-18-4-2-3-15(10-18)14-5-6-14)24-30-17(12-34-32-24)9-16-7-8-19(25)31-22(16)26/h2-4,7-8,10-11,14,17H,5-6,9,12,27-28H2,1H3,(H,30,32)/b23-21+. The van der Waals surface area contributed by atoms with E-state index in [9.17, 15) is 0 Å². The normalized spacial score (nSPS) is 18.3. The number of benzene rings is 1. The Morgan fingerprint density at radius 2 is 2.09 bits per heavy atom. The molecule has 0 saturated heterocycles. The highest BCUT2D eigenvalue weighted by atomic mass is 35.5. The van der Waals surface area contributed by atoms with Crippen LogP contribution in [0.2, 0.25) is 10.3 Å². The van der Waals surface area contributed by atoms with Gasteiger partial charge >= 0.3 is 0 Å². The number of amidine groups is 1. The van der Waals surface area contributed by atoms with Crippen LogP contribution in [0, 0.1) is 6.92 Å². The highest BCUT2D eigenvalue weighted by Gasteiger charge is 2.28. The van der Waals surface area contributed by atoms with Gasteiger partial charge in [-0.3, -0.25) is 4.57 Å². The Morgan fingerprint density at radius 1 is 1.26 bits per heavy atom. The maximum atomic E-state index is 6.52. The van der Waals surface area contributed by atoms with Crippen LogP contribution in [0.3, 0.4) is 0 Å². The second kappa shape index (κ2) is 9.67. The minimum absolute atomic E-state index is 0.104. The maximum absolute atomic E-state index is 6.52. The lowest BCUT2D eigenvalue weighted by Crippen LogP contribution is -2.45. The van der Waals surface area contributed by atoms with Gasteiger partial charge in [0.2, 0.25) is 5.88 Å². The Hall–Kier alpha value is -3.43. The van der Waals surface area contributed by atoms with E-state index in [1.54, 1.807) is 16.8 Å². The zero-order valence-corrected chi connectivity index (χ0v) is 20.6. The molecule has 0 radical (unpaired) electrons. The molecule has 5 N–H and O–H groups in total. The monoisotopic (exact) mass is 513 g/mol. The van der Waals surface area contributed by atoms with E-state index >= 15 is 0 Å². The van der Waals surface area contributed by atoms with E-state index in [2.05, 4.69) is 26.5 Å². The van der Waals surface area contributed by atoms with Crippen molar-refractivity contribution in [3.63, 3.8) is 0 Å². The van der Waals surface area contributed by atoms with Gasteiger partial charge in [-0.15, -0.1) is 0 Å². The number of pyridine rings is 1. The average molecular weight is 514 g/mol. The number of hydrogen-bond donors (Lipinski definition) is 3. The van der Waals surface area contributed by atoms with Gasteiger partial charge in [-0.2, -0.15) is 0 Å². The Morgan fingerprint density at radius 3 is 2.80 bits per heavy atom. The number of nitrogens with two attached hydrogens (primary N) is 2. The number of rotatable bonds is 7. The molecule has 3 heterocycles. The van der Waals surface area contributed by atoms with Crippen molar-refractivity contribution < 1.29 is 9.57 Å². The van der Waals surface area contributed by atoms with Crippen LogP contribution in [0.4, 0.5) is 5.82 Å². The number of imidazole rings is 1. The molecule has 3 aromatic rings. The fraction of sp³-hybridized carbons (Fsp3) is 0.292. The summed E-state index contributed by atoms with van der Waals surface area (Å²) in [6.07, 6.45) is 4.46. The first-order chi connectivity index (χ1) is 16.9. The number of halogens is 2. The summed E-state index contributed by atoms with van der Waals surface area (Å²) >= 11 is 12.2. The van der Waals surface area contributed by atoms with Crippen molar-refractivity contribution in [2.24, 2.45) is 10.9 Å². The zero-order chi connectivity index (χ0) is 24.5. The minimum Gasteiger partial charge on any atom is -0.439 e. The van der Waals surface area contributed by atoms with Crippen LogP contribution < -0.4 is 21.5 Å². The Bertz CT molecular complexity index is 1300. The molecule has 1 aromatic carbocycles. The maximum Gasteiger partial charge on any atom is 0.219 e. The van der Waals surface area contributed by atoms with Gasteiger partial charge in [0.25, 0.3) is 0 Å². The number of anilines is 1. The van der Waals surface area contributed by atoms with Crippen LogP contribution in [0.5, 0.6) is 5.75 Å². The molecular weight excluding hydrogens is 489 g/mol. The van der Waals surface area contributed by atoms with Crippen LogP contribution in [0.25, 0.3) is 5.70 Å². The fourth-order valence-electron chi connectivity index (χ4n) is 4.04. The number of nitrogen functional groups attached to an aromatic ring is 1. The molecular formula is C24H25Cl2N7O2. The summed E-state index contributed by atoms with van der Waals surface area (Å²) in [5, 5.41) is 8.28. The third-order valence-corrected chi connectivity index (χ3v) is 6.45. The third-order valence-electron chi connectivity index (χ3n) is 5.91. The molecule has 1 atom stereocenters. The van der Waals surface area contributed by atoms with Crippen LogP contribution in [-0.4, -0.2) is 33.0 Å². The predicted octanol–water partition coefficient (Wildman–Crippen LogP) is 4.06. The number of aryl methyl sites for hydroxylation is 1. The van der Waals surface area contributed by atoms with Crippen LogP contribution in [-0.2, 0) is 11.3 Å². The average Bonchev–Trinajstić information content (AvgIpc) is 3.63. The summed E-state index contributed by atoms with van der Waals surface area (Å²) < 4.78 is 7.77. The lowest BCUT2D eigenvalue weighted by Gasteiger charge is -2.27. The first kappa shape index (κ1) is 23.3. The summed E-state index contributed by atoms with van der Waals surface area (Å²) in [6, 6.07) is 11.3. The van der Waals surface area contributed by atoms with Gasteiger partial charge < -0.3 is 26.4 Å². The molecule has 1 saturated carbocycles. The molecule has 1 fully saturated rings. The van der Waals surface area contributed by atoms with E-state index in [-0.39, 0.29) is 11.9 Å². The van der Waals surface area contributed by atoms with Crippen molar-refractivity contribution in [2.75, 3.05) is 12.3 Å². The summed E-state index contributed by atoms with van der Waals surface area (Å²) in [5.74, 6) is 2.69. The largest absolute Gasteiger partial charge is 0.439 e. The molecule has 5 rings (SSSR count). The topological polar surface area (TPSA) is 126 Å². The van der Waals surface area contributed by atoms with Crippen molar-refractivity contribution in [2.45, 2.75) is 38.1 Å². The van der Waals surface area contributed by atoms with Gasteiger partial charge in [0.1, 0.15) is 34.3 Å². The van der Waals surface area contributed by atoms with Gasteiger partial charge in [-0.05, 0) is 61.4 Å². The number of ether oxygens (including phenoxy) is 1. The highest BCUT2D eigenvalue weighted by molar-refractivity contribution is 6.32. The number of nitrogens with zero attached hydrogens (tertiary/aromatic N) is 4. The van der Waals surface area contributed by atoms with E-state index in [4.69, 9.17) is 44.2 Å². The van der Waals surface area contributed by atoms with E-state index < -0.39 is 0 Å². The minimum atomic E-state index is -0.172. The lowest BCUT2D eigenvalue weighted by molar-refractivity contribution is 0.109. The van der Waals surface area contributed by atoms with Crippen LogP contribution in [0.1, 0.15) is 35.7 Å². The third kappa shape index (κ3) is 5.16. The smallest absolute Gasteiger partial charge is 0.219 e. The summed E-state index contributed by atoms with van der Waals surface area (Å²) in [5.41, 5.74) is 15.2. The van der Waals surface area contributed by atoms with Crippen molar-refractivity contribution in [1.29, 1.82) is 0 Å². The van der Waals surface area contributed by atoms with Crippen molar-refractivity contribution >= 4 is 40.6 Å². The van der Waals surface area contributed by atoms with Gasteiger partial charge in [-0.1, -0.05) is 46.6 Å². The number of hydrogen-bond acceptors (Lipinski definition) is 8. The van der Waals surface area contributed by atoms with Crippen LogP contribution in [0.15, 0.2) is 53.6 Å². The van der Waals surface area contributed by atoms with E-state index in [0.29, 0.717) is 58.2 Å². The molecule has 2 aromatic heterocycles. The van der Waals surface area contributed by atoms with Crippen molar-refractivity contribution in [3.05, 3.63) is 75.7 Å². The van der Waals surface area contributed by atoms with Crippen LogP contribution >= 0.6 is 23.2 Å². The molecule has 2 aliphatic rings. The Balaban J connectivity index is 1.46. The molecule has 11 heteroatoms. The summed E-state index contributed by atoms with van der Waals surface area (Å²) in [4.78, 5) is 14.0.